The van der Waals surface area contributed by atoms with E-state index in [1.165, 1.54) is 60.3 Å². The van der Waals surface area contributed by atoms with Crippen molar-refractivity contribution in [3.05, 3.63) is 199 Å². The third-order valence-corrected chi connectivity index (χ3v) is 11.9. The van der Waals surface area contributed by atoms with Crippen LogP contribution in [0, 0.1) is 0 Å². The molecule has 0 bridgehead atoms. The maximum absolute atomic E-state index is 6.61. The van der Waals surface area contributed by atoms with Gasteiger partial charge in [-0.2, -0.15) is 0 Å². The van der Waals surface area contributed by atoms with Crippen LogP contribution in [0.4, 0.5) is 17.1 Å². The van der Waals surface area contributed by atoms with E-state index in [1.807, 2.05) is 6.07 Å². The average molecular weight is 704 g/mol. The standard InChI is InChI=1S/C53H37NO/c1-53(2)48-20-9-7-17-44(48)47-33-40(30-31-49(47)53)54(38-26-22-35(23-27-38)42-19-11-14-34-12-3-5-15-41(34)42)39-28-24-36(25-29-39)46-32-37-13-4-6-16-43(37)51-45-18-8-10-21-50(45)55-52(46)51/h3-33H,1-2H3. The maximum Gasteiger partial charge on any atom is 0.143 e. The highest BCUT2D eigenvalue weighted by atomic mass is 16.3. The fourth-order valence-electron chi connectivity index (χ4n) is 9.14. The Labute approximate surface area is 320 Å². The van der Waals surface area contributed by atoms with Crippen molar-refractivity contribution in [1.29, 1.82) is 0 Å². The van der Waals surface area contributed by atoms with Gasteiger partial charge in [0.05, 0.1) is 0 Å². The first-order chi connectivity index (χ1) is 27.0. The normalized spacial score (nSPS) is 13.1. The summed E-state index contributed by atoms with van der Waals surface area (Å²) in [7, 11) is 0. The van der Waals surface area contributed by atoms with Crippen molar-refractivity contribution in [1.82, 2.24) is 0 Å². The molecule has 2 heteroatoms. The number of rotatable bonds is 5. The zero-order valence-corrected chi connectivity index (χ0v) is 30.8. The molecular weight excluding hydrogens is 667 g/mol. The van der Waals surface area contributed by atoms with Crippen molar-refractivity contribution in [3.8, 4) is 33.4 Å². The first-order valence-corrected chi connectivity index (χ1v) is 19.1. The molecule has 1 aliphatic rings. The van der Waals surface area contributed by atoms with Crippen molar-refractivity contribution in [2.45, 2.75) is 19.3 Å². The van der Waals surface area contributed by atoms with E-state index >= 15 is 0 Å². The van der Waals surface area contributed by atoms with Gasteiger partial charge in [-0.1, -0.05) is 153 Å². The summed E-state index contributed by atoms with van der Waals surface area (Å²) in [4.78, 5) is 2.39. The zero-order valence-electron chi connectivity index (χ0n) is 30.8. The van der Waals surface area contributed by atoms with E-state index in [0.717, 1.165) is 44.7 Å². The van der Waals surface area contributed by atoms with Gasteiger partial charge in [0.2, 0.25) is 0 Å². The summed E-state index contributed by atoms with van der Waals surface area (Å²) < 4.78 is 6.61. The van der Waals surface area contributed by atoms with E-state index in [1.54, 1.807) is 0 Å². The molecule has 260 valence electrons. The van der Waals surface area contributed by atoms with Crippen molar-refractivity contribution in [2.24, 2.45) is 0 Å². The Morgan fingerprint density at radius 1 is 0.400 bits per heavy atom. The van der Waals surface area contributed by atoms with E-state index in [4.69, 9.17) is 4.42 Å². The summed E-state index contributed by atoms with van der Waals surface area (Å²) in [5, 5.41) is 7.24. The molecule has 2 nitrogen and oxygen atoms in total. The highest BCUT2D eigenvalue weighted by Gasteiger charge is 2.35. The Morgan fingerprint density at radius 2 is 0.964 bits per heavy atom. The fraction of sp³-hybridized carbons (Fsp3) is 0.0566. The fourth-order valence-corrected chi connectivity index (χ4v) is 9.14. The van der Waals surface area contributed by atoms with Gasteiger partial charge in [0.1, 0.15) is 11.2 Å². The van der Waals surface area contributed by atoms with Gasteiger partial charge < -0.3 is 9.32 Å². The Hall–Kier alpha value is -6.90. The molecule has 9 aromatic carbocycles. The first kappa shape index (κ1) is 31.6. The Morgan fingerprint density at radius 3 is 1.75 bits per heavy atom. The van der Waals surface area contributed by atoms with Crippen molar-refractivity contribution >= 4 is 60.5 Å². The summed E-state index contributed by atoms with van der Waals surface area (Å²) in [6.45, 7) is 4.68. The summed E-state index contributed by atoms with van der Waals surface area (Å²) in [5.74, 6) is 0. The summed E-state index contributed by atoms with van der Waals surface area (Å²) >= 11 is 0. The van der Waals surface area contributed by atoms with Crippen molar-refractivity contribution < 1.29 is 4.42 Å². The zero-order chi connectivity index (χ0) is 36.7. The van der Waals surface area contributed by atoms with Gasteiger partial charge in [-0.3, -0.25) is 0 Å². The van der Waals surface area contributed by atoms with E-state index in [0.29, 0.717) is 0 Å². The first-order valence-electron chi connectivity index (χ1n) is 19.1. The van der Waals surface area contributed by atoms with Crippen molar-refractivity contribution in [2.75, 3.05) is 4.90 Å². The lowest BCUT2D eigenvalue weighted by atomic mass is 9.82. The highest BCUT2D eigenvalue weighted by molar-refractivity contribution is 6.22. The number of para-hydroxylation sites is 1. The number of nitrogens with zero attached hydrogens (tertiary/aromatic N) is 1. The summed E-state index contributed by atoms with van der Waals surface area (Å²) in [5.41, 5.74) is 15.1. The Bertz CT molecular complexity index is 3110. The second kappa shape index (κ2) is 12.1. The van der Waals surface area contributed by atoms with Gasteiger partial charge in [-0.05, 0) is 109 Å². The monoisotopic (exact) mass is 703 g/mol. The average Bonchev–Trinajstić information content (AvgIpc) is 3.74. The van der Waals surface area contributed by atoms with Crippen LogP contribution in [0.15, 0.2) is 192 Å². The van der Waals surface area contributed by atoms with Gasteiger partial charge in [0.25, 0.3) is 0 Å². The van der Waals surface area contributed by atoms with Crippen LogP contribution in [-0.2, 0) is 5.41 Å². The summed E-state index contributed by atoms with van der Waals surface area (Å²) in [6.07, 6.45) is 0. The lowest BCUT2D eigenvalue weighted by Gasteiger charge is -2.27. The number of hydrogen-bond donors (Lipinski definition) is 0. The lowest BCUT2D eigenvalue weighted by Crippen LogP contribution is -2.15. The van der Waals surface area contributed by atoms with Crippen LogP contribution >= 0.6 is 0 Å². The van der Waals surface area contributed by atoms with Crippen LogP contribution < -0.4 is 4.90 Å². The molecule has 0 N–H and O–H groups in total. The molecule has 0 atom stereocenters. The number of furan rings is 1. The molecule has 0 spiro atoms. The van der Waals surface area contributed by atoms with Crippen LogP contribution in [0.3, 0.4) is 0 Å². The molecule has 1 heterocycles. The van der Waals surface area contributed by atoms with Crippen LogP contribution in [0.25, 0.3) is 76.9 Å². The molecule has 0 unspecified atom stereocenters. The topological polar surface area (TPSA) is 16.4 Å². The third-order valence-electron chi connectivity index (χ3n) is 11.9. The molecule has 0 saturated carbocycles. The van der Waals surface area contributed by atoms with E-state index < -0.39 is 0 Å². The number of hydrogen-bond acceptors (Lipinski definition) is 2. The largest absolute Gasteiger partial charge is 0.455 e. The summed E-state index contributed by atoms with van der Waals surface area (Å²) in [6, 6.07) is 68.4. The Balaban J connectivity index is 1.06. The van der Waals surface area contributed by atoms with E-state index in [-0.39, 0.29) is 5.41 Å². The molecule has 10 aromatic rings. The highest BCUT2D eigenvalue weighted by Crippen LogP contribution is 2.51. The third kappa shape index (κ3) is 4.88. The lowest BCUT2D eigenvalue weighted by molar-refractivity contribution is 0.660. The smallest absolute Gasteiger partial charge is 0.143 e. The molecule has 0 aliphatic heterocycles. The van der Waals surface area contributed by atoms with Crippen LogP contribution in [0.1, 0.15) is 25.0 Å². The number of anilines is 3. The van der Waals surface area contributed by atoms with Crippen LogP contribution in [-0.4, -0.2) is 0 Å². The van der Waals surface area contributed by atoms with Gasteiger partial charge >= 0.3 is 0 Å². The molecule has 1 aliphatic carbocycles. The maximum atomic E-state index is 6.61. The minimum absolute atomic E-state index is 0.0567. The minimum atomic E-state index is -0.0567. The molecule has 11 rings (SSSR count). The molecule has 0 fully saturated rings. The van der Waals surface area contributed by atoms with Gasteiger partial charge in [-0.15, -0.1) is 0 Å². The van der Waals surface area contributed by atoms with E-state index in [2.05, 4.69) is 201 Å². The SMILES string of the molecule is CC1(C)c2ccccc2-c2cc(N(c3ccc(-c4cccc5ccccc45)cc3)c3ccc(-c4cc5ccccc5c5c4oc4ccccc45)cc3)ccc21. The number of benzene rings is 9. The molecule has 1 aromatic heterocycles. The molecule has 55 heavy (non-hydrogen) atoms. The van der Waals surface area contributed by atoms with E-state index in [9.17, 15) is 0 Å². The minimum Gasteiger partial charge on any atom is -0.455 e. The van der Waals surface area contributed by atoms with Crippen LogP contribution in [0.2, 0.25) is 0 Å². The predicted octanol–water partition coefficient (Wildman–Crippen LogP) is 15.0. The number of fused-ring (bicyclic) bond motifs is 9. The molecular formula is C53H37NO. The second-order valence-corrected chi connectivity index (χ2v) is 15.3. The molecule has 0 amide bonds. The van der Waals surface area contributed by atoms with Crippen LogP contribution in [0.5, 0.6) is 0 Å². The second-order valence-electron chi connectivity index (χ2n) is 15.3. The quantitative estimate of drug-likeness (QED) is 0.177. The van der Waals surface area contributed by atoms with Gasteiger partial charge in [0.15, 0.2) is 0 Å². The molecule has 0 saturated heterocycles. The Kier molecular flexibility index (Phi) is 6.93. The van der Waals surface area contributed by atoms with Gasteiger partial charge in [-0.25, -0.2) is 0 Å². The van der Waals surface area contributed by atoms with Crippen molar-refractivity contribution in [3.63, 3.8) is 0 Å². The predicted molar refractivity (Wildman–Crippen MR) is 232 cm³/mol. The molecule has 0 radical (unpaired) electrons. The van der Waals surface area contributed by atoms with Gasteiger partial charge in [0, 0.05) is 38.8 Å².